The molecule has 484 valence electrons. The molecule has 0 unspecified atom stereocenters. The summed E-state index contributed by atoms with van der Waals surface area (Å²) >= 11 is 0. The second kappa shape index (κ2) is 38.0. The van der Waals surface area contributed by atoms with Gasteiger partial charge in [0.2, 0.25) is 29.5 Å². The van der Waals surface area contributed by atoms with Crippen molar-refractivity contribution in [3.63, 3.8) is 0 Å². The van der Waals surface area contributed by atoms with Gasteiger partial charge in [0.15, 0.2) is 0 Å². The normalized spacial score (nSPS) is 12.1. The fourth-order valence-corrected chi connectivity index (χ4v) is 9.20. The highest BCUT2D eigenvalue weighted by Gasteiger charge is 2.29. The second-order valence-electron chi connectivity index (χ2n) is 20.6. The minimum atomic E-state index is -1.20. The number of hydrogen-bond donors (Lipinski definition) is 14. The Morgan fingerprint density at radius 1 is 0.382 bits per heavy atom. The summed E-state index contributed by atoms with van der Waals surface area (Å²) in [5, 5.41) is 30.9. The maximum Gasteiger partial charge on any atom is 0.303 e. The Hall–Kier alpha value is -9.38. The van der Waals surface area contributed by atoms with Gasteiger partial charge in [-0.1, -0.05) is 12.8 Å². The Bertz CT molecular complexity index is 3090. The van der Waals surface area contributed by atoms with Crippen molar-refractivity contribution < 1.29 is 72.0 Å². The first-order valence-electron chi connectivity index (χ1n) is 29.2. The van der Waals surface area contributed by atoms with Crippen molar-refractivity contribution in [1.82, 2.24) is 21.3 Å². The summed E-state index contributed by atoms with van der Waals surface area (Å²) in [7, 11) is 5.36. The number of methoxy groups -OCH3 is 4. The number of nitrogens with one attached hydrogen (secondary N) is 8. The molecule has 0 aliphatic carbocycles. The van der Waals surface area contributed by atoms with E-state index in [1.54, 1.807) is 0 Å². The predicted molar refractivity (Wildman–Crippen MR) is 334 cm³/mol. The lowest BCUT2D eigenvalue weighted by Crippen LogP contribution is -2.44. The number of carbonyl (C=O) groups is 10. The van der Waals surface area contributed by atoms with Crippen LogP contribution in [0.4, 0.5) is 22.7 Å². The van der Waals surface area contributed by atoms with Crippen LogP contribution < -0.4 is 90.2 Å². The van der Waals surface area contributed by atoms with E-state index in [0.29, 0.717) is 84.0 Å². The zero-order valence-electron chi connectivity index (χ0n) is 50.7. The third kappa shape index (κ3) is 23.3. The van der Waals surface area contributed by atoms with Crippen LogP contribution in [0.1, 0.15) is 138 Å². The summed E-state index contributed by atoms with van der Waals surface area (Å²) in [6.45, 7) is 1.35. The molecule has 19 N–H and O–H groups in total. The average Bonchev–Trinajstić information content (AvgIpc) is 2.87. The largest absolute Gasteiger partial charge is 0.496 e. The van der Waals surface area contributed by atoms with E-state index in [4.69, 9.17) is 52.7 Å². The van der Waals surface area contributed by atoms with Crippen LogP contribution in [-0.4, -0.2) is 143 Å². The molecule has 9 amide bonds. The molecule has 4 atom stereocenters. The molecule has 0 bridgehead atoms. The zero-order valence-corrected chi connectivity index (χ0v) is 50.7. The summed E-state index contributed by atoms with van der Waals surface area (Å²) < 4.78 is 21.7. The van der Waals surface area contributed by atoms with Gasteiger partial charge in [-0.05, 0) is 170 Å². The van der Waals surface area contributed by atoms with Gasteiger partial charge >= 0.3 is 5.97 Å². The molecule has 0 heterocycles. The van der Waals surface area contributed by atoms with Gasteiger partial charge in [0.25, 0.3) is 23.6 Å². The van der Waals surface area contributed by atoms with Crippen LogP contribution >= 0.6 is 0 Å². The second-order valence-corrected chi connectivity index (χ2v) is 20.6. The van der Waals surface area contributed by atoms with E-state index in [2.05, 4.69) is 42.5 Å². The number of unbranched alkanes of at least 4 members (excludes halogenated alkanes) is 5. The molecular weight excluding hydrogens is 1150 g/mol. The molecule has 28 heteroatoms. The smallest absolute Gasteiger partial charge is 0.303 e. The standard InChI is InChI=1S/C61H85N13O15/c1-86-48-22-18-36(32-40(48)54(66)78)67-59(83)45(15-7-11-29-63)72-56(80)42-34-38(20-24-50(42)88-3)69-61(85)47(17-9-13-31-65)74-57(81)43-35-39(21-25-51(43)89-4)70-60(84)46(16-8-12-30-64)73-55(79)41-33-37(19-23-49(41)87-2)68-58(82)44(14-6-5-10-28-62)71-52(75)26-27-53(76)77/h18-25,32-35,44-47H,5-17,26-31,62-65H2,1-4H3,(H2,66,78)(H,67,83)(H,68,82)(H,69,85)(H,70,84)(H,71,75)(H,72,80)(H,73,79)(H,74,81)(H,76,77)/t44-,45-,46-,47-/m0/s1. The van der Waals surface area contributed by atoms with Crippen LogP contribution in [0.2, 0.25) is 0 Å². The predicted octanol–water partition coefficient (Wildman–Crippen LogP) is 3.23. The number of anilines is 4. The number of aliphatic carboxylic acids is 1. The van der Waals surface area contributed by atoms with Gasteiger partial charge in [-0.15, -0.1) is 0 Å². The highest BCUT2D eigenvalue weighted by molar-refractivity contribution is 6.08. The number of nitrogens with two attached hydrogens (primary N) is 5. The Labute approximate surface area is 516 Å². The van der Waals surface area contributed by atoms with Crippen LogP contribution in [-0.2, 0) is 28.8 Å². The Balaban J connectivity index is 1.56. The van der Waals surface area contributed by atoms with E-state index in [-0.39, 0.29) is 100 Å². The van der Waals surface area contributed by atoms with Crippen LogP contribution in [0.25, 0.3) is 0 Å². The lowest BCUT2D eigenvalue weighted by molar-refractivity contribution is -0.139. The number of carboxylic acid groups (broad SMARTS) is 1. The van der Waals surface area contributed by atoms with E-state index in [0.717, 1.165) is 0 Å². The first-order valence-corrected chi connectivity index (χ1v) is 29.2. The zero-order chi connectivity index (χ0) is 65.4. The molecule has 4 aromatic carbocycles. The first kappa shape index (κ1) is 72.1. The maximum absolute atomic E-state index is 14.3. The number of amides is 9. The van der Waals surface area contributed by atoms with Gasteiger partial charge < -0.3 is 95.3 Å². The SMILES string of the molecule is COc1ccc(NC(=O)[C@H](CCCCN)NC(=O)c2cc(NC(=O)[C@H](CCCCN)NC(=O)c3cc(NC(=O)[C@H](CCCCN)NC(=O)c4cc(NC(=O)[C@H](CCCCCN)NC(=O)CCC(=O)O)ccc4OC)ccc3OC)ccc2OC)cc1C(N)=O. The molecule has 0 aromatic heterocycles. The van der Waals surface area contributed by atoms with Crippen molar-refractivity contribution in [1.29, 1.82) is 0 Å². The van der Waals surface area contributed by atoms with Gasteiger partial charge in [0, 0.05) is 29.2 Å². The lowest BCUT2D eigenvalue weighted by atomic mass is 10.0. The molecule has 0 fully saturated rings. The maximum atomic E-state index is 14.3. The first-order chi connectivity index (χ1) is 42.7. The molecule has 0 aliphatic rings. The quantitative estimate of drug-likeness (QED) is 0.0284. The molecule has 89 heavy (non-hydrogen) atoms. The summed E-state index contributed by atoms with van der Waals surface area (Å²) in [6.07, 6.45) is 4.56. The number of carboxylic acids is 1. The Morgan fingerprint density at radius 2 is 0.652 bits per heavy atom. The van der Waals surface area contributed by atoms with Crippen LogP contribution in [0.15, 0.2) is 72.8 Å². The van der Waals surface area contributed by atoms with Gasteiger partial charge in [-0.2, -0.15) is 0 Å². The number of rotatable bonds is 40. The molecular formula is C61H85N13O15. The monoisotopic (exact) mass is 1240 g/mol. The average molecular weight is 1240 g/mol. The highest BCUT2D eigenvalue weighted by atomic mass is 16.5. The van der Waals surface area contributed by atoms with Crippen molar-refractivity contribution in [3.05, 3.63) is 95.1 Å². The summed E-state index contributed by atoms with van der Waals surface area (Å²) in [6, 6.07) is 12.5. The van der Waals surface area contributed by atoms with E-state index >= 15 is 0 Å². The number of primary amides is 1. The molecule has 4 rings (SSSR count). The molecule has 0 radical (unpaired) electrons. The number of carbonyl (C=O) groups excluding carboxylic acids is 9. The Kier molecular flexibility index (Phi) is 30.8. The van der Waals surface area contributed by atoms with Crippen molar-refractivity contribution in [2.45, 2.75) is 120 Å². The molecule has 0 aliphatic heterocycles. The lowest BCUT2D eigenvalue weighted by Gasteiger charge is -2.22. The van der Waals surface area contributed by atoms with Gasteiger partial charge in [0.05, 0.1) is 57.1 Å². The van der Waals surface area contributed by atoms with Crippen LogP contribution in [0, 0.1) is 0 Å². The molecule has 4 aromatic rings. The van der Waals surface area contributed by atoms with Crippen molar-refractivity contribution in [2.75, 3.05) is 75.9 Å². The fraction of sp³-hybridized carbons (Fsp3) is 0.443. The molecule has 0 saturated heterocycles. The molecule has 0 saturated carbocycles. The summed E-state index contributed by atoms with van der Waals surface area (Å²) in [5.74, 6) is -6.98. The van der Waals surface area contributed by atoms with Crippen molar-refractivity contribution in [3.8, 4) is 23.0 Å². The van der Waals surface area contributed by atoms with Gasteiger partial charge in [-0.25, -0.2) is 0 Å². The fourth-order valence-electron chi connectivity index (χ4n) is 9.20. The Morgan fingerprint density at radius 3 is 0.933 bits per heavy atom. The van der Waals surface area contributed by atoms with E-state index in [1.165, 1.54) is 101 Å². The van der Waals surface area contributed by atoms with E-state index in [9.17, 15) is 47.9 Å². The van der Waals surface area contributed by atoms with Gasteiger partial charge in [0.1, 0.15) is 47.2 Å². The van der Waals surface area contributed by atoms with Crippen LogP contribution in [0.5, 0.6) is 23.0 Å². The summed E-state index contributed by atoms with van der Waals surface area (Å²) in [5.41, 5.74) is 28.9. The highest BCUT2D eigenvalue weighted by Crippen LogP contribution is 2.28. The minimum absolute atomic E-state index is 0.0242. The van der Waals surface area contributed by atoms with E-state index in [1.807, 2.05) is 0 Å². The van der Waals surface area contributed by atoms with E-state index < -0.39 is 89.7 Å². The third-order valence-corrected chi connectivity index (χ3v) is 14.0. The minimum Gasteiger partial charge on any atom is -0.496 e. The number of ether oxygens (including phenoxy) is 4. The van der Waals surface area contributed by atoms with Gasteiger partial charge in [-0.3, -0.25) is 47.9 Å². The number of benzene rings is 4. The molecule has 28 nitrogen and oxygen atoms in total. The topological polar surface area (TPSA) is 454 Å². The summed E-state index contributed by atoms with van der Waals surface area (Å²) in [4.78, 5) is 134. The van der Waals surface area contributed by atoms with Crippen molar-refractivity contribution >= 4 is 81.9 Å². The van der Waals surface area contributed by atoms with Crippen molar-refractivity contribution in [2.24, 2.45) is 28.7 Å². The van der Waals surface area contributed by atoms with Crippen LogP contribution in [0.3, 0.4) is 0 Å². The third-order valence-electron chi connectivity index (χ3n) is 14.0. The number of hydrogen-bond acceptors (Lipinski definition) is 18. The molecule has 0 spiro atoms.